The Hall–Kier alpha value is -1.32. The molecule has 2 heterocycles. The monoisotopic (exact) mass is 257 g/mol. The molecule has 3 heteroatoms. The number of hydrogen-bond acceptors (Lipinski definition) is 2. The third kappa shape index (κ3) is 3.17. The van der Waals surface area contributed by atoms with Crippen LogP contribution in [0.2, 0.25) is 0 Å². The lowest BCUT2D eigenvalue weighted by atomic mass is 10.2. The molecule has 3 rings (SSSR count). The Morgan fingerprint density at radius 2 is 2.05 bits per heavy atom. The van der Waals surface area contributed by atoms with Gasteiger partial charge in [0.2, 0.25) is 0 Å². The molecular formula is C16H23N3. The van der Waals surface area contributed by atoms with Gasteiger partial charge in [-0.15, -0.1) is 0 Å². The maximum absolute atomic E-state index is 3.61. The summed E-state index contributed by atoms with van der Waals surface area (Å²) < 4.78 is 0. The van der Waals surface area contributed by atoms with E-state index >= 15 is 0 Å². The first-order valence-corrected chi connectivity index (χ1v) is 7.33. The Balaban J connectivity index is 1.53. The molecule has 1 fully saturated rings. The first kappa shape index (κ1) is 12.7. The van der Waals surface area contributed by atoms with Gasteiger partial charge in [-0.1, -0.05) is 18.2 Å². The summed E-state index contributed by atoms with van der Waals surface area (Å²) in [4.78, 5) is 6.03. The van der Waals surface area contributed by atoms with Crippen molar-refractivity contribution in [3.8, 4) is 0 Å². The summed E-state index contributed by atoms with van der Waals surface area (Å²) >= 11 is 0. The van der Waals surface area contributed by atoms with Crippen LogP contribution in [-0.2, 0) is 6.54 Å². The van der Waals surface area contributed by atoms with Crippen molar-refractivity contribution in [1.82, 2.24) is 15.2 Å². The number of likely N-dealkylation sites (tertiary alicyclic amines) is 1. The summed E-state index contributed by atoms with van der Waals surface area (Å²) in [5.41, 5.74) is 2.50. The van der Waals surface area contributed by atoms with Gasteiger partial charge in [-0.3, -0.25) is 0 Å². The Kier molecular flexibility index (Phi) is 3.85. The second kappa shape index (κ2) is 5.76. The normalized spacial score (nSPS) is 18.2. The van der Waals surface area contributed by atoms with Gasteiger partial charge in [0, 0.05) is 30.3 Å². The first-order chi connectivity index (χ1) is 9.31. The summed E-state index contributed by atoms with van der Waals surface area (Å²) in [6, 6.07) is 11.2. The predicted molar refractivity (Wildman–Crippen MR) is 80.3 cm³/mol. The second-order valence-corrected chi connectivity index (χ2v) is 5.67. The molecule has 3 nitrogen and oxygen atoms in total. The van der Waals surface area contributed by atoms with E-state index in [-0.39, 0.29) is 0 Å². The molecule has 2 N–H and O–H groups in total. The Morgan fingerprint density at radius 3 is 2.84 bits per heavy atom. The lowest BCUT2D eigenvalue weighted by Gasteiger charge is -2.20. The van der Waals surface area contributed by atoms with E-state index in [4.69, 9.17) is 0 Å². The average molecular weight is 257 g/mol. The average Bonchev–Trinajstić information content (AvgIpc) is 3.04. The third-order valence-electron chi connectivity index (χ3n) is 3.96. The molecule has 0 aliphatic carbocycles. The maximum Gasteiger partial charge on any atom is 0.0456 e. The van der Waals surface area contributed by atoms with Crippen molar-refractivity contribution in [3.05, 3.63) is 36.0 Å². The topological polar surface area (TPSA) is 31.1 Å². The molecule has 1 aromatic carbocycles. The highest BCUT2D eigenvalue weighted by Gasteiger charge is 2.14. The van der Waals surface area contributed by atoms with E-state index in [2.05, 4.69) is 52.5 Å². The van der Waals surface area contributed by atoms with Crippen LogP contribution in [0, 0.1) is 0 Å². The van der Waals surface area contributed by atoms with Gasteiger partial charge in [0.15, 0.2) is 0 Å². The zero-order chi connectivity index (χ0) is 13.1. The lowest BCUT2D eigenvalue weighted by Crippen LogP contribution is -2.37. The number of benzene rings is 1. The summed E-state index contributed by atoms with van der Waals surface area (Å²) in [6.45, 7) is 6.92. The first-order valence-electron chi connectivity index (χ1n) is 7.33. The highest BCUT2D eigenvalue weighted by Crippen LogP contribution is 2.14. The van der Waals surface area contributed by atoms with Crippen LogP contribution in [-0.4, -0.2) is 35.6 Å². The summed E-state index contributed by atoms with van der Waals surface area (Å²) in [6.07, 6.45) is 2.74. The number of fused-ring (bicyclic) bond motifs is 1. The molecule has 1 unspecified atom stereocenters. The third-order valence-corrected chi connectivity index (χ3v) is 3.96. The molecular weight excluding hydrogens is 234 g/mol. The van der Waals surface area contributed by atoms with Gasteiger partial charge in [0.25, 0.3) is 0 Å². The molecule has 1 atom stereocenters. The van der Waals surface area contributed by atoms with E-state index in [0.717, 1.165) is 6.54 Å². The quantitative estimate of drug-likeness (QED) is 0.863. The summed E-state index contributed by atoms with van der Waals surface area (Å²) in [5.74, 6) is 0. The molecule has 1 saturated heterocycles. The molecule has 0 saturated carbocycles. The smallest absolute Gasteiger partial charge is 0.0456 e. The van der Waals surface area contributed by atoms with Crippen molar-refractivity contribution in [2.24, 2.45) is 0 Å². The molecule has 19 heavy (non-hydrogen) atoms. The standard InChI is InChI=1S/C16H23N3/c1-13(12-19-8-4-5-9-19)17-11-15-10-14-6-2-3-7-16(14)18-15/h2-3,6-7,10,13,17-18H,4-5,8-9,11-12H2,1H3. The van der Waals surface area contributed by atoms with Crippen LogP contribution in [0.3, 0.4) is 0 Å². The van der Waals surface area contributed by atoms with E-state index < -0.39 is 0 Å². The maximum atomic E-state index is 3.61. The fraction of sp³-hybridized carbons (Fsp3) is 0.500. The largest absolute Gasteiger partial charge is 0.357 e. The number of H-pyrrole nitrogens is 1. The molecule has 0 bridgehead atoms. The fourth-order valence-electron chi connectivity index (χ4n) is 2.93. The molecule has 0 radical (unpaired) electrons. The number of nitrogens with zero attached hydrogens (tertiary/aromatic N) is 1. The van der Waals surface area contributed by atoms with Crippen molar-refractivity contribution in [3.63, 3.8) is 0 Å². The van der Waals surface area contributed by atoms with E-state index in [1.807, 2.05) is 0 Å². The molecule has 1 aliphatic rings. The van der Waals surface area contributed by atoms with Crippen LogP contribution >= 0.6 is 0 Å². The molecule has 2 aromatic rings. The zero-order valence-corrected chi connectivity index (χ0v) is 11.7. The molecule has 102 valence electrons. The van der Waals surface area contributed by atoms with E-state index in [1.54, 1.807) is 0 Å². The number of aromatic nitrogens is 1. The van der Waals surface area contributed by atoms with Crippen LogP contribution in [0.4, 0.5) is 0 Å². The van der Waals surface area contributed by atoms with E-state index in [0.29, 0.717) is 6.04 Å². The molecule has 1 aromatic heterocycles. The minimum Gasteiger partial charge on any atom is -0.357 e. The molecule has 0 spiro atoms. The van der Waals surface area contributed by atoms with Gasteiger partial charge < -0.3 is 15.2 Å². The van der Waals surface area contributed by atoms with Gasteiger partial charge in [0.05, 0.1) is 0 Å². The Labute approximate surface area is 115 Å². The zero-order valence-electron chi connectivity index (χ0n) is 11.7. The molecule has 0 amide bonds. The summed E-state index contributed by atoms with van der Waals surface area (Å²) in [5, 5.41) is 4.91. The highest BCUT2D eigenvalue weighted by atomic mass is 15.2. The second-order valence-electron chi connectivity index (χ2n) is 5.67. The number of para-hydroxylation sites is 1. The van der Waals surface area contributed by atoms with Crippen molar-refractivity contribution in [2.45, 2.75) is 32.4 Å². The van der Waals surface area contributed by atoms with Gasteiger partial charge in [-0.05, 0) is 50.4 Å². The lowest BCUT2D eigenvalue weighted by molar-refractivity contribution is 0.298. The van der Waals surface area contributed by atoms with Crippen LogP contribution in [0.1, 0.15) is 25.5 Å². The van der Waals surface area contributed by atoms with Gasteiger partial charge >= 0.3 is 0 Å². The van der Waals surface area contributed by atoms with Crippen molar-refractivity contribution in [1.29, 1.82) is 0 Å². The Bertz CT molecular complexity index is 493. The number of hydrogen-bond donors (Lipinski definition) is 2. The number of rotatable bonds is 5. The number of nitrogens with one attached hydrogen (secondary N) is 2. The minimum absolute atomic E-state index is 0.546. The number of aromatic amines is 1. The van der Waals surface area contributed by atoms with Crippen LogP contribution < -0.4 is 5.32 Å². The van der Waals surface area contributed by atoms with Gasteiger partial charge in [-0.25, -0.2) is 0 Å². The van der Waals surface area contributed by atoms with E-state index in [9.17, 15) is 0 Å². The Morgan fingerprint density at radius 1 is 1.26 bits per heavy atom. The van der Waals surface area contributed by atoms with Gasteiger partial charge in [-0.2, -0.15) is 0 Å². The van der Waals surface area contributed by atoms with Crippen LogP contribution in [0.5, 0.6) is 0 Å². The van der Waals surface area contributed by atoms with Gasteiger partial charge in [0.1, 0.15) is 0 Å². The highest BCUT2D eigenvalue weighted by molar-refractivity contribution is 5.80. The van der Waals surface area contributed by atoms with E-state index in [1.165, 1.54) is 49.1 Å². The summed E-state index contributed by atoms with van der Waals surface area (Å²) in [7, 11) is 0. The van der Waals surface area contributed by atoms with Crippen LogP contribution in [0.15, 0.2) is 30.3 Å². The van der Waals surface area contributed by atoms with Crippen molar-refractivity contribution in [2.75, 3.05) is 19.6 Å². The fourth-order valence-corrected chi connectivity index (χ4v) is 2.93. The SMILES string of the molecule is CC(CN1CCCC1)NCc1cc2ccccc2[nH]1. The predicted octanol–water partition coefficient (Wildman–Crippen LogP) is 2.74. The molecule has 1 aliphatic heterocycles. The van der Waals surface area contributed by atoms with Crippen molar-refractivity contribution < 1.29 is 0 Å². The minimum atomic E-state index is 0.546. The van der Waals surface area contributed by atoms with Crippen molar-refractivity contribution >= 4 is 10.9 Å². The van der Waals surface area contributed by atoms with Crippen LogP contribution in [0.25, 0.3) is 10.9 Å².